The van der Waals surface area contributed by atoms with Crippen LogP contribution in [0.1, 0.15) is 18.9 Å². The second-order valence-corrected chi connectivity index (χ2v) is 8.86. The summed E-state index contributed by atoms with van der Waals surface area (Å²) in [6.07, 6.45) is 2.55. The van der Waals surface area contributed by atoms with Gasteiger partial charge in [-0.2, -0.15) is 0 Å². The molecule has 1 fully saturated rings. The number of imide groups is 1. The molecule has 4 aromatic rings. The van der Waals surface area contributed by atoms with Crippen LogP contribution in [0.5, 0.6) is 11.6 Å². The molecule has 7 nitrogen and oxygen atoms in total. The summed E-state index contributed by atoms with van der Waals surface area (Å²) in [6.45, 7) is 1.71. The lowest BCUT2D eigenvalue weighted by molar-refractivity contribution is -0.123. The van der Waals surface area contributed by atoms with Gasteiger partial charge in [0.25, 0.3) is 5.91 Å². The highest BCUT2D eigenvalue weighted by Crippen LogP contribution is 2.39. The van der Waals surface area contributed by atoms with Crippen molar-refractivity contribution in [3.05, 3.63) is 71.6 Å². The average Bonchev–Trinajstić information content (AvgIpc) is 3.35. The maximum Gasteiger partial charge on any atom is 0.322 e. The van der Waals surface area contributed by atoms with E-state index in [1.807, 2.05) is 29.6 Å². The molecule has 33 heavy (non-hydrogen) atoms. The van der Waals surface area contributed by atoms with Crippen molar-refractivity contribution < 1.29 is 18.7 Å². The highest BCUT2D eigenvalue weighted by molar-refractivity contribution is 7.17. The fraction of sp³-hybridized carbons (Fsp3) is 0.167. The second-order valence-electron chi connectivity index (χ2n) is 8.00. The fourth-order valence-electron chi connectivity index (χ4n) is 3.75. The normalized spacial score (nSPS) is 17.8. The number of hydrogen-bond acceptors (Lipinski definition) is 6. The topological polar surface area (TPSA) is 93.2 Å². The molecule has 0 radical (unpaired) electrons. The van der Waals surface area contributed by atoms with Crippen molar-refractivity contribution in [3.8, 4) is 22.8 Å². The third kappa shape index (κ3) is 4.14. The van der Waals surface area contributed by atoms with Gasteiger partial charge in [-0.05, 0) is 55.2 Å². The molecule has 3 heterocycles. The van der Waals surface area contributed by atoms with Crippen molar-refractivity contribution >= 4 is 33.5 Å². The summed E-state index contributed by atoms with van der Waals surface area (Å²) in [5.74, 6) is 0.420. The molecule has 166 valence electrons. The number of amides is 3. The van der Waals surface area contributed by atoms with E-state index in [0.29, 0.717) is 24.5 Å². The molecule has 1 aliphatic rings. The lowest BCUT2D eigenvalue weighted by Crippen LogP contribution is -2.43. The Hall–Kier alpha value is -3.85. The largest absolute Gasteiger partial charge is 0.438 e. The van der Waals surface area contributed by atoms with Gasteiger partial charge in [-0.25, -0.2) is 19.2 Å². The number of fused-ring (bicyclic) bond motifs is 1. The van der Waals surface area contributed by atoms with Crippen LogP contribution in [0.2, 0.25) is 0 Å². The van der Waals surface area contributed by atoms with Gasteiger partial charge >= 0.3 is 6.03 Å². The molecule has 0 aliphatic carbocycles. The van der Waals surface area contributed by atoms with Crippen molar-refractivity contribution in [1.82, 2.24) is 20.6 Å². The lowest BCUT2D eigenvalue weighted by atomic mass is 9.93. The number of nitrogens with zero attached hydrogens (tertiary/aromatic N) is 2. The Kier molecular flexibility index (Phi) is 5.26. The van der Waals surface area contributed by atoms with Crippen LogP contribution in [0.4, 0.5) is 9.18 Å². The smallest absolute Gasteiger partial charge is 0.322 e. The molecule has 0 unspecified atom stereocenters. The standard InChI is InChI=1S/C24H19FN4O3S/c1-24(22(30)28-23(31)29-24)11-10-14-2-8-17(9-3-14)32-20-19-18(12-33-21(19)27-13-26-20)15-4-6-16(25)7-5-15/h2-9,12-13H,10-11H2,1H3,(H2,28,29,30,31)/t24-/m1/s1. The first kappa shape index (κ1) is 21.0. The molecule has 9 heteroatoms. The van der Waals surface area contributed by atoms with Gasteiger partial charge in [0.2, 0.25) is 5.88 Å². The summed E-state index contributed by atoms with van der Waals surface area (Å²) in [7, 11) is 0. The Balaban J connectivity index is 1.35. The zero-order valence-corrected chi connectivity index (χ0v) is 18.4. The number of rotatable bonds is 6. The van der Waals surface area contributed by atoms with Crippen LogP contribution in [0.3, 0.4) is 0 Å². The van der Waals surface area contributed by atoms with Gasteiger partial charge in [0.1, 0.15) is 28.3 Å². The average molecular weight is 463 g/mol. The first-order chi connectivity index (χ1) is 15.9. The number of ether oxygens (including phenoxy) is 1. The number of hydrogen-bond donors (Lipinski definition) is 2. The summed E-state index contributed by atoms with van der Waals surface area (Å²) < 4.78 is 19.4. The SMILES string of the molecule is C[C@]1(CCc2ccc(Oc3ncnc4scc(-c5ccc(F)cc5)c34)cc2)NC(=O)NC1=O. The van der Waals surface area contributed by atoms with Gasteiger partial charge in [-0.1, -0.05) is 24.3 Å². The Bertz CT molecular complexity index is 1350. The molecule has 2 aromatic heterocycles. The number of aromatic nitrogens is 2. The van der Waals surface area contributed by atoms with Crippen molar-refractivity contribution in [3.63, 3.8) is 0 Å². The predicted molar refractivity (Wildman–Crippen MR) is 123 cm³/mol. The van der Waals surface area contributed by atoms with Gasteiger partial charge in [0.15, 0.2) is 0 Å². The minimum Gasteiger partial charge on any atom is -0.438 e. The summed E-state index contributed by atoms with van der Waals surface area (Å²) in [6, 6.07) is 13.3. The molecular formula is C24H19FN4O3S. The van der Waals surface area contributed by atoms with Gasteiger partial charge in [0, 0.05) is 10.9 Å². The molecule has 1 saturated heterocycles. The van der Waals surface area contributed by atoms with Crippen LogP contribution < -0.4 is 15.4 Å². The molecule has 3 amide bonds. The number of urea groups is 1. The van der Waals surface area contributed by atoms with Crippen molar-refractivity contribution in [2.75, 3.05) is 0 Å². The van der Waals surface area contributed by atoms with Crippen molar-refractivity contribution in [1.29, 1.82) is 0 Å². The van der Waals surface area contributed by atoms with Crippen LogP contribution >= 0.6 is 11.3 Å². The van der Waals surface area contributed by atoms with E-state index >= 15 is 0 Å². The number of carbonyl (C=O) groups excluding carboxylic acids is 2. The summed E-state index contributed by atoms with van der Waals surface area (Å²) in [5.41, 5.74) is 1.84. The lowest BCUT2D eigenvalue weighted by Gasteiger charge is -2.20. The molecule has 0 spiro atoms. The molecule has 2 aromatic carbocycles. The Morgan fingerprint density at radius 1 is 1.06 bits per heavy atom. The number of nitrogens with one attached hydrogen (secondary N) is 2. The van der Waals surface area contributed by atoms with E-state index in [2.05, 4.69) is 20.6 Å². The third-order valence-electron chi connectivity index (χ3n) is 5.66. The molecule has 0 saturated carbocycles. The molecule has 2 N–H and O–H groups in total. The van der Waals surface area contributed by atoms with Gasteiger partial charge in [-0.3, -0.25) is 10.1 Å². The molecular weight excluding hydrogens is 443 g/mol. The highest BCUT2D eigenvalue weighted by Gasteiger charge is 2.41. The summed E-state index contributed by atoms with van der Waals surface area (Å²) >= 11 is 1.47. The van der Waals surface area contributed by atoms with E-state index in [-0.39, 0.29) is 11.7 Å². The molecule has 1 aliphatic heterocycles. The Labute approximate surface area is 192 Å². The van der Waals surface area contributed by atoms with E-state index in [9.17, 15) is 14.0 Å². The fourth-order valence-corrected chi connectivity index (χ4v) is 4.66. The second kappa shape index (κ2) is 8.25. The molecule has 0 bridgehead atoms. The van der Waals surface area contributed by atoms with Crippen LogP contribution in [-0.4, -0.2) is 27.4 Å². The van der Waals surface area contributed by atoms with E-state index in [1.165, 1.54) is 29.8 Å². The van der Waals surface area contributed by atoms with E-state index in [4.69, 9.17) is 4.74 Å². The van der Waals surface area contributed by atoms with Crippen LogP contribution in [0.25, 0.3) is 21.3 Å². The third-order valence-corrected chi connectivity index (χ3v) is 6.55. The van der Waals surface area contributed by atoms with Gasteiger partial charge in [0.05, 0.1) is 5.39 Å². The molecule has 5 rings (SSSR count). The minimum atomic E-state index is -0.908. The van der Waals surface area contributed by atoms with E-state index in [1.54, 1.807) is 19.1 Å². The monoisotopic (exact) mass is 462 g/mol. The Morgan fingerprint density at radius 3 is 2.52 bits per heavy atom. The number of halogens is 1. The predicted octanol–water partition coefficient (Wildman–Crippen LogP) is 4.82. The maximum atomic E-state index is 13.4. The first-order valence-electron chi connectivity index (χ1n) is 10.3. The van der Waals surface area contributed by atoms with Crippen LogP contribution in [-0.2, 0) is 11.2 Å². The minimum absolute atomic E-state index is 0.295. The van der Waals surface area contributed by atoms with Gasteiger partial charge in [-0.15, -0.1) is 11.3 Å². The zero-order chi connectivity index (χ0) is 23.0. The summed E-state index contributed by atoms with van der Waals surface area (Å²) in [4.78, 5) is 32.8. The van der Waals surface area contributed by atoms with Crippen LogP contribution in [0.15, 0.2) is 60.2 Å². The van der Waals surface area contributed by atoms with Crippen LogP contribution in [0, 0.1) is 5.82 Å². The van der Waals surface area contributed by atoms with Crippen molar-refractivity contribution in [2.45, 2.75) is 25.3 Å². The summed E-state index contributed by atoms with van der Waals surface area (Å²) in [5, 5.41) is 7.68. The van der Waals surface area contributed by atoms with E-state index in [0.717, 1.165) is 26.9 Å². The number of aryl methyl sites for hydroxylation is 1. The van der Waals surface area contributed by atoms with Gasteiger partial charge < -0.3 is 10.1 Å². The number of carbonyl (C=O) groups is 2. The molecule has 1 atom stereocenters. The zero-order valence-electron chi connectivity index (χ0n) is 17.6. The quantitative estimate of drug-likeness (QED) is 0.401. The number of thiophene rings is 1. The number of benzene rings is 2. The first-order valence-corrected chi connectivity index (χ1v) is 11.2. The Morgan fingerprint density at radius 2 is 1.82 bits per heavy atom. The van der Waals surface area contributed by atoms with Crippen molar-refractivity contribution in [2.24, 2.45) is 0 Å². The van der Waals surface area contributed by atoms with E-state index < -0.39 is 11.6 Å². The highest BCUT2D eigenvalue weighted by atomic mass is 32.1. The maximum absolute atomic E-state index is 13.4.